The lowest BCUT2D eigenvalue weighted by molar-refractivity contribution is -0.123. The van der Waals surface area contributed by atoms with Gasteiger partial charge in [0.15, 0.2) is 6.61 Å². The maximum atomic E-state index is 11.7. The molecule has 20 heavy (non-hydrogen) atoms. The molecule has 0 spiro atoms. The smallest absolute Gasteiger partial charge is 0.258 e. The SMILES string of the molecule is CCCC(C)NC(=O)COc1ccc(C(C)NC)cc1. The average molecular weight is 278 g/mol. The van der Waals surface area contributed by atoms with E-state index in [0.29, 0.717) is 6.04 Å². The summed E-state index contributed by atoms with van der Waals surface area (Å²) in [7, 11) is 1.93. The quantitative estimate of drug-likeness (QED) is 0.768. The molecule has 4 heteroatoms. The maximum Gasteiger partial charge on any atom is 0.258 e. The van der Waals surface area contributed by atoms with Crippen LogP contribution < -0.4 is 15.4 Å². The third-order valence-corrected chi connectivity index (χ3v) is 3.31. The van der Waals surface area contributed by atoms with Crippen LogP contribution in [0.15, 0.2) is 24.3 Å². The normalized spacial score (nSPS) is 13.6. The molecule has 0 aromatic heterocycles. The van der Waals surface area contributed by atoms with Gasteiger partial charge in [0.25, 0.3) is 5.91 Å². The van der Waals surface area contributed by atoms with E-state index in [0.717, 1.165) is 18.6 Å². The van der Waals surface area contributed by atoms with Gasteiger partial charge < -0.3 is 15.4 Å². The number of nitrogens with one attached hydrogen (secondary N) is 2. The first-order valence-electron chi connectivity index (χ1n) is 7.26. The number of ether oxygens (including phenoxy) is 1. The summed E-state index contributed by atoms with van der Waals surface area (Å²) >= 11 is 0. The predicted octanol–water partition coefficient (Wildman–Crippen LogP) is 2.65. The Hall–Kier alpha value is -1.55. The highest BCUT2D eigenvalue weighted by molar-refractivity contribution is 5.77. The summed E-state index contributed by atoms with van der Waals surface area (Å²) in [5.74, 6) is 0.647. The first-order chi connectivity index (χ1) is 9.56. The molecule has 0 aliphatic heterocycles. The molecule has 0 saturated heterocycles. The van der Waals surface area contributed by atoms with E-state index in [-0.39, 0.29) is 18.6 Å². The van der Waals surface area contributed by atoms with Crippen LogP contribution in [0, 0.1) is 0 Å². The molecule has 0 saturated carbocycles. The van der Waals surface area contributed by atoms with Crippen LogP contribution in [0.4, 0.5) is 0 Å². The molecule has 1 aromatic rings. The zero-order valence-electron chi connectivity index (χ0n) is 12.9. The lowest BCUT2D eigenvalue weighted by Crippen LogP contribution is -2.35. The average Bonchev–Trinajstić information content (AvgIpc) is 2.45. The molecule has 2 unspecified atom stereocenters. The molecule has 0 fully saturated rings. The van der Waals surface area contributed by atoms with E-state index in [1.807, 2.05) is 38.2 Å². The molecule has 2 atom stereocenters. The number of hydrogen-bond acceptors (Lipinski definition) is 3. The van der Waals surface area contributed by atoms with Crippen molar-refractivity contribution in [2.24, 2.45) is 0 Å². The molecule has 0 aliphatic carbocycles. The minimum Gasteiger partial charge on any atom is -0.484 e. The first-order valence-corrected chi connectivity index (χ1v) is 7.26. The summed E-state index contributed by atoms with van der Waals surface area (Å²) in [5.41, 5.74) is 1.20. The Morgan fingerprint density at radius 1 is 1.25 bits per heavy atom. The fraction of sp³-hybridized carbons (Fsp3) is 0.562. The second-order valence-corrected chi connectivity index (χ2v) is 5.13. The van der Waals surface area contributed by atoms with Crippen LogP contribution in [0.5, 0.6) is 5.75 Å². The number of hydrogen-bond donors (Lipinski definition) is 2. The van der Waals surface area contributed by atoms with Gasteiger partial charge in [-0.2, -0.15) is 0 Å². The summed E-state index contributed by atoms with van der Waals surface area (Å²) in [6.07, 6.45) is 2.05. The number of amides is 1. The summed E-state index contributed by atoms with van der Waals surface area (Å²) in [4.78, 5) is 11.7. The highest BCUT2D eigenvalue weighted by Crippen LogP contribution is 2.17. The molecule has 1 rings (SSSR count). The monoisotopic (exact) mass is 278 g/mol. The van der Waals surface area contributed by atoms with Gasteiger partial charge in [-0.15, -0.1) is 0 Å². The zero-order chi connectivity index (χ0) is 15.0. The Kier molecular flexibility index (Phi) is 7.09. The van der Waals surface area contributed by atoms with Crippen molar-refractivity contribution in [3.8, 4) is 5.75 Å². The molecular weight excluding hydrogens is 252 g/mol. The number of carbonyl (C=O) groups is 1. The van der Waals surface area contributed by atoms with Crippen LogP contribution in [-0.2, 0) is 4.79 Å². The molecule has 1 aromatic carbocycles. The van der Waals surface area contributed by atoms with Crippen molar-refractivity contribution in [3.63, 3.8) is 0 Å². The molecule has 0 radical (unpaired) electrons. The second kappa shape index (κ2) is 8.59. The highest BCUT2D eigenvalue weighted by Gasteiger charge is 2.07. The molecule has 112 valence electrons. The predicted molar refractivity (Wildman–Crippen MR) is 81.9 cm³/mol. The van der Waals surface area contributed by atoms with Crippen molar-refractivity contribution < 1.29 is 9.53 Å². The van der Waals surface area contributed by atoms with Gasteiger partial charge in [-0.3, -0.25) is 4.79 Å². The summed E-state index contributed by atoms with van der Waals surface area (Å²) in [6, 6.07) is 8.32. The van der Waals surface area contributed by atoms with Gasteiger partial charge in [-0.1, -0.05) is 25.5 Å². The third-order valence-electron chi connectivity index (χ3n) is 3.31. The Bertz CT molecular complexity index is 403. The maximum absolute atomic E-state index is 11.7. The van der Waals surface area contributed by atoms with Crippen LogP contribution in [0.25, 0.3) is 0 Å². The largest absolute Gasteiger partial charge is 0.484 e. The van der Waals surface area contributed by atoms with Gasteiger partial charge in [0, 0.05) is 12.1 Å². The Labute approximate surface area is 121 Å². The molecule has 2 N–H and O–H groups in total. The van der Waals surface area contributed by atoms with Gasteiger partial charge >= 0.3 is 0 Å². The lowest BCUT2D eigenvalue weighted by Gasteiger charge is -2.14. The topological polar surface area (TPSA) is 50.4 Å². The van der Waals surface area contributed by atoms with E-state index in [9.17, 15) is 4.79 Å². The lowest BCUT2D eigenvalue weighted by atomic mass is 10.1. The van der Waals surface area contributed by atoms with Crippen LogP contribution in [0.2, 0.25) is 0 Å². The van der Waals surface area contributed by atoms with Crippen molar-refractivity contribution >= 4 is 5.91 Å². The van der Waals surface area contributed by atoms with E-state index in [1.54, 1.807) is 0 Å². The van der Waals surface area contributed by atoms with Crippen molar-refractivity contribution in [2.45, 2.75) is 45.7 Å². The van der Waals surface area contributed by atoms with E-state index < -0.39 is 0 Å². The number of carbonyl (C=O) groups excluding carboxylic acids is 1. The standard InChI is InChI=1S/C16H26N2O2/c1-5-6-12(2)18-16(19)11-20-15-9-7-14(8-10-15)13(3)17-4/h7-10,12-13,17H,5-6,11H2,1-4H3,(H,18,19). The Morgan fingerprint density at radius 3 is 2.45 bits per heavy atom. The van der Waals surface area contributed by atoms with Gasteiger partial charge in [-0.25, -0.2) is 0 Å². The van der Waals surface area contributed by atoms with Crippen LogP contribution in [0.1, 0.15) is 45.2 Å². The third kappa shape index (κ3) is 5.61. The van der Waals surface area contributed by atoms with Crippen molar-refractivity contribution in [1.82, 2.24) is 10.6 Å². The highest BCUT2D eigenvalue weighted by atomic mass is 16.5. The first kappa shape index (κ1) is 16.5. The van der Waals surface area contributed by atoms with Crippen molar-refractivity contribution in [2.75, 3.05) is 13.7 Å². The number of benzene rings is 1. The number of rotatable bonds is 8. The molecule has 0 bridgehead atoms. The van der Waals surface area contributed by atoms with Gasteiger partial charge in [0.05, 0.1) is 0 Å². The van der Waals surface area contributed by atoms with Gasteiger partial charge in [0.2, 0.25) is 0 Å². The summed E-state index contributed by atoms with van der Waals surface area (Å²) in [6.45, 7) is 6.27. The molecule has 0 heterocycles. The van der Waals surface area contributed by atoms with E-state index in [4.69, 9.17) is 4.74 Å². The van der Waals surface area contributed by atoms with Gasteiger partial charge in [0.1, 0.15) is 5.75 Å². The van der Waals surface area contributed by atoms with Crippen molar-refractivity contribution in [3.05, 3.63) is 29.8 Å². The van der Waals surface area contributed by atoms with Gasteiger partial charge in [-0.05, 0) is 45.0 Å². The molecular formula is C16H26N2O2. The van der Waals surface area contributed by atoms with Crippen molar-refractivity contribution in [1.29, 1.82) is 0 Å². The van der Waals surface area contributed by atoms with Crippen LogP contribution in [0.3, 0.4) is 0 Å². The van der Waals surface area contributed by atoms with E-state index in [1.165, 1.54) is 5.56 Å². The van der Waals surface area contributed by atoms with Crippen LogP contribution in [-0.4, -0.2) is 25.6 Å². The summed E-state index contributed by atoms with van der Waals surface area (Å²) in [5, 5.41) is 6.10. The Morgan fingerprint density at radius 2 is 1.90 bits per heavy atom. The van der Waals surface area contributed by atoms with E-state index in [2.05, 4.69) is 24.5 Å². The fourth-order valence-electron chi connectivity index (χ4n) is 1.99. The van der Waals surface area contributed by atoms with E-state index >= 15 is 0 Å². The minimum absolute atomic E-state index is 0.0645. The Balaban J connectivity index is 2.40. The molecule has 4 nitrogen and oxygen atoms in total. The fourth-order valence-corrected chi connectivity index (χ4v) is 1.99. The minimum atomic E-state index is -0.0707. The zero-order valence-corrected chi connectivity index (χ0v) is 12.9. The molecule has 1 amide bonds. The van der Waals surface area contributed by atoms with Crippen LogP contribution >= 0.6 is 0 Å². The second-order valence-electron chi connectivity index (χ2n) is 5.13. The molecule has 0 aliphatic rings. The summed E-state index contributed by atoms with van der Waals surface area (Å²) < 4.78 is 5.48.